The molecule has 0 fully saturated rings. The summed E-state index contributed by atoms with van der Waals surface area (Å²) in [4.78, 5) is 46.5. The highest BCUT2D eigenvalue weighted by Gasteiger charge is 2.28. The van der Waals surface area contributed by atoms with Gasteiger partial charge < -0.3 is 43.6 Å². The van der Waals surface area contributed by atoms with Crippen LogP contribution in [-0.2, 0) is 33.2 Å². The number of carbonyl (C=O) groups is 4. The zero-order chi connectivity index (χ0) is 53.0. The van der Waals surface area contributed by atoms with Gasteiger partial charge in [-0.3, -0.25) is 0 Å². The number of amides is 1. The van der Waals surface area contributed by atoms with Gasteiger partial charge in [-0.05, 0) is 209 Å². The summed E-state index contributed by atoms with van der Waals surface area (Å²) in [6.07, 6.45) is 31.7. The summed E-state index contributed by atoms with van der Waals surface area (Å²) in [6, 6.07) is 0. The van der Waals surface area contributed by atoms with Gasteiger partial charge in [0.15, 0.2) is 0 Å². The lowest BCUT2D eigenvalue weighted by Crippen LogP contribution is -2.42. The van der Waals surface area contributed by atoms with E-state index in [1.807, 2.05) is 101 Å². The third kappa shape index (κ3) is 39.2. The Bertz CT molecular complexity index is 1490. The maximum Gasteiger partial charge on any atom is 0.509 e. The lowest BCUT2D eigenvalue weighted by atomic mass is 9.99. The quantitative estimate of drug-likeness (QED) is 0.152. The number of allylic oxidation sites excluding steroid dienone is 3. The molecule has 6 atom stereocenters. The molecule has 0 aromatic heterocycles. The molecule has 0 aromatic rings. The average Bonchev–Trinajstić information content (AvgIpc) is 3.13. The van der Waals surface area contributed by atoms with Gasteiger partial charge in [-0.1, -0.05) is 64.3 Å². The van der Waals surface area contributed by atoms with Crippen LogP contribution in [0.4, 0.5) is 19.2 Å². The van der Waals surface area contributed by atoms with Gasteiger partial charge in [0.25, 0.3) is 0 Å². The molecule has 0 saturated heterocycles. The summed E-state index contributed by atoms with van der Waals surface area (Å²) in [5, 5.41) is 12.5. The minimum absolute atomic E-state index is 0.0114. The first kappa shape index (κ1) is 64.5. The lowest BCUT2D eigenvalue weighted by Gasteiger charge is -2.31. The standard InChI is InChI=1S/C17H30O5.C13H23NO2.C13H22O3.C13H22O2S/c1-16(2,3)21-14-10-8-12(18)7-9-13(11-14)20-15(19)22-17(4,5)6;1-13(2,3)14-12(15)16-11-9-7-5-4-6-8-10-11;2*1-13(2,3)16-12(14)15-11-9-7-5-4-6-8-10-11/h7,9,12-14,18H,8,10-11H2,1-6H3;7,9,11H,4-6,8,10H2,1-3H3,(H,14,15);2*7,9,11H,4-6,8,10H2,1-3H3/b4*9-7+. The van der Waals surface area contributed by atoms with E-state index in [1.54, 1.807) is 32.9 Å². The number of carbonyl (C=O) groups excluding carboxylic acids is 4. The van der Waals surface area contributed by atoms with Gasteiger partial charge in [0.2, 0.25) is 0 Å². The van der Waals surface area contributed by atoms with Crippen LogP contribution in [0.15, 0.2) is 48.6 Å². The molecule has 0 spiro atoms. The molecule has 1 amide bonds. The summed E-state index contributed by atoms with van der Waals surface area (Å²) >= 11 is 1.27. The Labute approximate surface area is 428 Å². The Morgan fingerprint density at radius 3 is 1.33 bits per heavy atom. The number of aliphatic hydroxyl groups excluding tert-OH is 1. The number of thioether (sulfide) groups is 1. The van der Waals surface area contributed by atoms with E-state index in [0.29, 0.717) is 12.8 Å². The number of ether oxygens (including phenoxy) is 7. The van der Waals surface area contributed by atoms with Crippen LogP contribution in [0.2, 0.25) is 0 Å². The first-order valence-electron chi connectivity index (χ1n) is 26.1. The van der Waals surface area contributed by atoms with Gasteiger partial charge in [0, 0.05) is 16.7 Å². The van der Waals surface area contributed by atoms with Gasteiger partial charge in [-0.2, -0.15) is 0 Å². The summed E-state index contributed by atoms with van der Waals surface area (Å²) in [7, 11) is 0. The highest BCUT2D eigenvalue weighted by Crippen LogP contribution is 2.28. The highest BCUT2D eigenvalue weighted by atomic mass is 32.2. The smallest absolute Gasteiger partial charge is 0.450 e. The topological polar surface area (TPSA) is 165 Å². The first-order valence-corrected chi connectivity index (χ1v) is 26.9. The van der Waals surface area contributed by atoms with Crippen molar-refractivity contribution in [2.75, 3.05) is 0 Å². The van der Waals surface area contributed by atoms with Crippen LogP contribution in [-0.4, -0.2) is 92.5 Å². The number of hydrogen-bond acceptors (Lipinski definition) is 13. The van der Waals surface area contributed by atoms with Gasteiger partial charge >= 0.3 is 23.7 Å². The van der Waals surface area contributed by atoms with Crippen LogP contribution < -0.4 is 5.32 Å². The molecule has 0 bridgehead atoms. The lowest BCUT2D eigenvalue weighted by molar-refractivity contribution is -0.0866. The predicted molar refractivity (Wildman–Crippen MR) is 283 cm³/mol. The van der Waals surface area contributed by atoms with Crippen molar-refractivity contribution in [2.45, 2.75) is 283 Å². The number of alkyl carbamates (subject to hydrolysis) is 1. The molecule has 0 aromatic carbocycles. The molecule has 2 N–H and O–H groups in total. The number of aliphatic hydroxyl groups is 1. The first-order chi connectivity index (χ1) is 32.4. The average molecular weight is 1010 g/mol. The van der Waals surface area contributed by atoms with Gasteiger partial charge in [0.05, 0.1) is 17.8 Å². The molecule has 404 valence electrons. The van der Waals surface area contributed by atoms with Crippen molar-refractivity contribution in [3.63, 3.8) is 0 Å². The van der Waals surface area contributed by atoms with E-state index in [1.165, 1.54) is 50.3 Å². The largest absolute Gasteiger partial charge is 0.509 e. The molecule has 14 heteroatoms. The third-order valence-electron chi connectivity index (χ3n) is 10.1. The molecular weight excluding hydrogens is 911 g/mol. The molecule has 0 aliphatic heterocycles. The molecule has 13 nitrogen and oxygen atoms in total. The normalized spacial score (nSPS) is 25.5. The highest BCUT2D eigenvalue weighted by molar-refractivity contribution is 8.14. The van der Waals surface area contributed by atoms with Gasteiger partial charge in [-0.25, -0.2) is 19.2 Å². The van der Waals surface area contributed by atoms with Crippen molar-refractivity contribution in [1.82, 2.24) is 5.32 Å². The van der Waals surface area contributed by atoms with Crippen molar-refractivity contribution in [3.05, 3.63) is 48.6 Å². The van der Waals surface area contributed by atoms with Crippen LogP contribution in [0.5, 0.6) is 0 Å². The van der Waals surface area contributed by atoms with Crippen LogP contribution in [0, 0.1) is 0 Å². The van der Waals surface area contributed by atoms with Gasteiger partial charge in [-0.15, -0.1) is 0 Å². The Kier molecular flexibility index (Phi) is 30.0. The van der Waals surface area contributed by atoms with E-state index in [4.69, 9.17) is 33.2 Å². The van der Waals surface area contributed by atoms with E-state index in [-0.39, 0.29) is 51.7 Å². The van der Waals surface area contributed by atoms with E-state index < -0.39 is 35.7 Å². The second kappa shape index (κ2) is 32.6. The van der Waals surface area contributed by atoms with Gasteiger partial charge in [0.1, 0.15) is 35.6 Å². The van der Waals surface area contributed by atoms with E-state index in [2.05, 4.69) is 23.5 Å². The minimum Gasteiger partial charge on any atom is -0.450 e. The second-order valence-corrected chi connectivity index (χ2v) is 25.3. The SMILES string of the molecule is CC(C)(C)NC(=O)OC1/C=C/CCCCC1.CC(C)(C)OC(=O)OC1/C=C/C(O)CCC(OC(C)(C)C)C1.CC(C)(C)OC(=O)OC1/C=C/CCCCC1.CC(C)(C)SC(=O)OC1/C=C/CCCCC1. The summed E-state index contributed by atoms with van der Waals surface area (Å²) < 4.78 is 37.6. The fraction of sp³-hybridized carbons (Fsp3) is 0.786. The maximum absolute atomic E-state index is 11.8. The van der Waals surface area contributed by atoms with Crippen LogP contribution in [0.1, 0.15) is 219 Å². The summed E-state index contributed by atoms with van der Waals surface area (Å²) in [5.74, 6) is 0. The maximum atomic E-state index is 11.8. The molecule has 4 rings (SSSR count). The van der Waals surface area contributed by atoms with E-state index in [0.717, 1.165) is 64.2 Å². The summed E-state index contributed by atoms with van der Waals surface area (Å²) in [5.41, 5.74) is -1.59. The Morgan fingerprint density at radius 1 is 0.486 bits per heavy atom. The Morgan fingerprint density at radius 2 is 0.914 bits per heavy atom. The Hall–Kier alpha value is -3.49. The molecule has 0 heterocycles. The van der Waals surface area contributed by atoms with Crippen LogP contribution in [0.25, 0.3) is 0 Å². The number of nitrogens with one attached hydrogen (secondary N) is 1. The monoisotopic (exact) mass is 1010 g/mol. The molecule has 0 radical (unpaired) electrons. The molecule has 70 heavy (non-hydrogen) atoms. The van der Waals surface area contributed by atoms with E-state index in [9.17, 15) is 24.3 Å². The second-order valence-electron chi connectivity index (χ2n) is 23.5. The van der Waals surface area contributed by atoms with Crippen molar-refractivity contribution in [3.8, 4) is 0 Å². The molecular formula is C56H97NO12S. The minimum atomic E-state index is -0.702. The number of rotatable bonds is 5. The molecule has 6 unspecified atom stereocenters. The van der Waals surface area contributed by atoms with Crippen LogP contribution in [0.3, 0.4) is 0 Å². The number of hydrogen-bond donors (Lipinski definition) is 2. The van der Waals surface area contributed by atoms with Crippen molar-refractivity contribution < 1.29 is 57.4 Å². The fourth-order valence-electron chi connectivity index (χ4n) is 7.20. The predicted octanol–water partition coefficient (Wildman–Crippen LogP) is 15.4. The molecule has 4 aliphatic rings. The van der Waals surface area contributed by atoms with E-state index >= 15 is 0 Å². The molecule has 4 aliphatic carbocycles. The third-order valence-corrected chi connectivity index (χ3v) is 11.0. The zero-order valence-corrected chi connectivity index (χ0v) is 47.0. The van der Waals surface area contributed by atoms with Crippen LogP contribution >= 0.6 is 11.8 Å². The molecule has 0 saturated carbocycles. The van der Waals surface area contributed by atoms with Crippen molar-refractivity contribution >= 4 is 35.5 Å². The van der Waals surface area contributed by atoms with Crippen molar-refractivity contribution in [1.29, 1.82) is 0 Å². The van der Waals surface area contributed by atoms with Crippen molar-refractivity contribution in [2.24, 2.45) is 0 Å². The fourth-order valence-corrected chi connectivity index (χ4v) is 7.87. The Balaban J connectivity index is 0.000000472. The summed E-state index contributed by atoms with van der Waals surface area (Å²) in [6.45, 7) is 28.7. The zero-order valence-electron chi connectivity index (χ0n) is 46.2.